The molecule has 1 saturated carbocycles. The van der Waals surface area contributed by atoms with Crippen molar-refractivity contribution in [3.63, 3.8) is 0 Å². The zero-order valence-corrected chi connectivity index (χ0v) is 13.2. The lowest BCUT2D eigenvalue weighted by Gasteiger charge is -2.17. The fraction of sp³-hybridized carbons (Fsp3) is 0.158. The van der Waals surface area contributed by atoms with Crippen molar-refractivity contribution in [2.45, 2.75) is 18.9 Å². The first-order valence-corrected chi connectivity index (χ1v) is 8.06. The quantitative estimate of drug-likeness (QED) is 0.782. The molecule has 0 N–H and O–H groups in total. The molecule has 0 spiro atoms. The molecule has 4 rings (SSSR count). The number of carbonyl (C=O) groups excluding carboxylic acids is 1. The highest BCUT2D eigenvalue weighted by Gasteiger charge is 2.41. The summed E-state index contributed by atoms with van der Waals surface area (Å²) in [7, 11) is 0. The number of hydrogen-bond acceptors (Lipinski definition) is 2. The average Bonchev–Trinajstić information content (AvgIpc) is 3.36. The van der Waals surface area contributed by atoms with E-state index in [9.17, 15) is 4.79 Å². The monoisotopic (exact) mass is 322 g/mol. The Balaban J connectivity index is 1.78. The zero-order valence-electron chi connectivity index (χ0n) is 12.4. The largest absolute Gasteiger partial charge is 0.288 e. The van der Waals surface area contributed by atoms with Gasteiger partial charge in [-0.15, -0.1) is 0 Å². The van der Waals surface area contributed by atoms with Crippen LogP contribution in [0.1, 0.15) is 24.0 Å². The number of amides is 1. The van der Waals surface area contributed by atoms with Crippen molar-refractivity contribution in [1.29, 1.82) is 0 Å². The maximum atomic E-state index is 12.8. The van der Waals surface area contributed by atoms with Crippen molar-refractivity contribution in [2.75, 3.05) is 0 Å². The number of aliphatic imine (C=N–C) groups is 1. The Bertz CT molecular complexity index is 822. The number of rotatable bonds is 3. The molecule has 2 aromatic carbocycles. The summed E-state index contributed by atoms with van der Waals surface area (Å²) in [5, 5.41) is 0.620. The molecule has 114 valence electrons. The van der Waals surface area contributed by atoms with Gasteiger partial charge in [0.25, 0.3) is 5.91 Å². The molecule has 3 nitrogen and oxygen atoms in total. The summed E-state index contributed by atoms with van der Waals surface area (Å²) >= 11 is 6.20. The summed E-state index contributed by atoms with van der Waals surface area (Å²) in [5.74, 6) is 0.711. The molecular weight excluding hydrogens is 308 g/mol. The van der Waals surface area contributed by atoms with E-state index in [0.717, 1.165) is 29.8 Å². The number of carbonyl (C=O) groups is 1. The Labute approximate surface area is 139 Å². The molecule has 23 heavy (non-hydrogen) atoms. The van der Waals surface area contributed by atoms with Gasteiger partial charge in [0.2, 0.25) is 0 Å². The van der Waals surface area contributed by atoms with E-state index >= 15 is 0 Å². The van der Waals surface area contributed by atoms with E-state index in [-0.39, 0.29) is 11.9 Å². The fourth-order valence-corrected chi connectivity index (χ4v) is 2.92. The van der Waals surface area contributed by atoms with Crippen molar-refractivity contribution >= 4 is 29.4 Å². The van der Waals surface area contributed by atoms with E-state index in [1.54, 1.807) is 6.08 Å². The lowest BCUT2D eigenvalue weighted by atomic mass is 10.2. The van der Waals surface area contributed by atoms with Crippen LogP contribution in [0.4, 0.5) is 0 Å². The van der Waals surface area contributed by atoms with E-state index in [1.807, 2.05) is 59.5 Å². The second kappa shape index (κ2) is 5.67. The van der Waals surface area contributed by atoms with Gasteiger partial charge in [0, 0.05) is 16.6 Å². The molecule has 1 heterocycles. The number of hydrogen-bond donors (Lipinski definition) is 0. The maximum Gasteiger partial charge on any atom is 0.278 e. The summed E-state index contributed by atoms with van der Waals surface area (Å²) < 4.78 is 0. The fourth-order valence-electron chi connectivity index (χ4n) is 2.73. The summed E-state index contributed by atoms with van der Waals surface area (Å²) in [4.78, 5) is 19.2. The summed E-state index contributed by atoms with van der Waals surface area (Å²) in [5.41, 5.74) is 2.23. The van der Waals surface area contributed by atoms with Crippen molar-refractivity contribution in [3.05, 3.63) is 76.4 Å². The van der Waals surface area contributed by atoms with Gasteiger partial charge in [0.05, 0.1) is 0 Å². The normalized spacial score (nSPS) is 19.3. The molecule has 0 saturated heterocycles. The van der Waals surface area contributed by atoms with Gasteiger partial charge in [-0.25, -0.2) is 4.99 Å². The molecule has 2 aromatic rings. The van der Waals surface area contributed by atoms with Crippen LogP contribution in [0.3, 0.4) is 0 Å². The van der Waals surface area contributed by atoms with Crippen LogP contribution in [0, 0.1) is 0 Å². The lowest BCUT2D eigenvalue weighted by molar-refractivity contribution is -0.122. The van der Waals surface area contributed by atoms with Gasteiger partial charge in [-0.3, -0.25) is 9.69 Å². The smallest absolute Gasteiger partial charge is 0.278 e. The van der Waals surface area contributed by atoms with Crippen LogP contribution in [-0.4, -0.2) is 22.7 Å². The molecule has 4 heteroatoms. The van der Waals surface area contributed by atoms with Crippen LogP contribution in [0.5, 0.6) is 0 Å². The van der Waals surface area contributed by atoms with Crippen LogP contribution < -0.4 is 0 Å². The van der Waals surface area contributed by atoms with Crippen LogP contribution in [0.15, 0.2) is 65.3 Å². The lowest BCUT2D eigenvalue weighted by Crippen LogP contribution is -2.34. The van der Waals surface area contributed by atoms with E-state index in [2.05, 4.69) is 4.99 Å². The van der Waals surface area contributed by atoms with Gasteiger partial charge < -0.3 is 0 Å². The van der Waals surface area contributed by atoms with Gasteiger partial charge in [-0.2, -0.15) is 0 Å². The predicted octanol–water partition coefficient (Wildman–Crippen LogP) is 4.13. The molecule has 1 aliphatic heterocycles. The second-order valence-electron chi connectivity index (χ2n) is 5.76. The molecule has 0 unspecified atom stereocenters. The molecule has 1 aliphatic carbocycles. The number of halogens is 1. The van der Waals surface area contributed by atoms with E-state index < -0.39 is 0 Å². The number of benzene rings is 2. The van der Waals surface area contributed by atoms with Gasteiger partial charge in [-0.05, 0) is 30.5 Å². The van der Waals surface area contributed by atoms with Gasteiger partial charge in [0.15, 0.2) is 0 Å². The molecule has 0 aromatic heterocycles. The van der Waals surface area contributed by atoms with Crippen LogP contribution in [0.2, 0.25) is 5.02 Å². The number of amidine groups is 1. The zero-order chi connectivity index (χ0) is 15.8. The summed E-state index contributed by atoms with van der Waals surface area (Å²) in [6.45, 7) is 0. The highest BCUT2D eigenvalue weighted by atomic mass is 35.5. The van der Waals surface area contributed by atoms with Crippen LogP contribution >= 0.6 is 11.6 Å². The van der Waals surface area contributed by atoms with E-state index in [4.69, 9.17) is 11.6 Å². The predicted molar refractivity (Wildman–Crippen MR) is 92.3 cm³/mol. The van der Waals surface area contributed by atoms with Crippen molar-refractivity contribution in [3.8, 4) is 0 Å². The van der Waals surface area contributed by atoms with Crippen LogP contribution in [0.25, 0.3) is 6.08 Å². The third-order valence-corrected chi connectivity index (χ3v) is 4.38. The topological polar surface area (TPSA) is 32.7 Å². The Hall–Kier alpha value is -2.39. The van der Waals surface area contributed by atoms with Gasteiger partial charge in [-0.1, -0.05) is 60.1 Å². The van der Waals surface area contributed by atoms with Crippen molar-refractivity contribution in [2.24, 2.45) is 4.99 Å². The minimum atomic E-state index is -0.0359. The first-order valence-electron chi connectivity index (χ1n) is 7.68. The number of nitrogens with zero attached hydrogens (tertiary/aromatic N) is 2. The minimum Gasteiger partial charge on any atom is -0.288 e. The summed E-state index contributed by atoms with van der Waals surface area (Å²) in [6, 6.07) is 17.6. The van der Waals surface area contributed by atoms with Gasteiger partial charge >= 0.3 is 0 Å². The molecule has 2 aliphatic rings. The highest BCUT2D eigenvalue weighted by molar-refractivity contribution is 6.32. The van der Waals surface area contributed by atoms with E-state index in [1.165, 1.54) is 0 Å². The average molecular weight is 323 g/mol. The molecule has 1 fully saturated rings. The minimum absolute atomic E-state index is 0.0359. The highest BCUT2D eigenvalue weighted by Crippen LogP contribution is 2.34. The standard InChI is InChI=1S/C19H15ClN2O/c20-16-9-5-4-8-14(16)12-17-19(23)22(15-10-11-15)18(21-17)13-6-2-1-3-7-13/h1-9,12,15H,10-11H2/b17-12-. The third-order valence-electron chi connectivity index (χ3n) is 4.03. The van der Waals surface area contributed by atoms with Crippen molar-refractivity contribution < 1.29 is 4.79 Å². The third kappa shape index (κ3) is 2.68. The molecular formula is C19H15ClN2O. The first-order chi connectivity index (χ1) is 11.2. The first kappa shape index (κ1) is 14.2. The second-order valence-corrected chi connectivity index (χ2v) is 6.17. The Morgan fingerprint density at radius 3 is 2.43 bits per heavy atom. The molecule has 1 amide bonds. The maximum absolute atomic E-state index is 12.8. The molecule has 0 radical (unpaired) electrons. The summed E-state index contributed by atoms with van der Waals surface area (Å²) in [6.07, 6.45) is 3.85. The van der Waals surface area contributed by atoms with Gasteiger partial charge in [0.1, 0.15) is 11.5 Å². The Morgan fingerprint density at radius 2 is 1.74 bits per heavy atom. The molecule has 0 atom stereocenters. The SMILES string of the molecule is O=C1/C(=C/c2ccccc2Cl)N=C(c2ccccc2)N1C1CC1. The Kier molecular flexibility index (Phi) is 3.50. The Morgan fingerprint density at radius 1 is 1.04 bits per heavy atom. The molecule has 0 bridgehead atoms. The van der Waals surface area contributed by atoms with Crippen LogP contribution in [-0.2, 0) is 4.79 Å². The van der Waals surface area contributed by atoms with E-state index in [0.29, 0.717) is 10.7 Å². The van der Waals surface area contributed by atoms with Crippen molar-refractivity contribution in [1.82, 2.24) is 4.90 Å².